The molecule has 4 nitrogen and oxygen atoms in total. The molecule has 0 spiro atoms. The summed E-state index contributed by atoms with van der Waals surface area (Å²) in [5.74, 6) is -0.844. The Labute approximate surface area is 106 Å². The Bertz CT molecular complexity index is 409. The number of nitrogens with one attached hydrogen (secondary N) is 1. The summed E-state index contributed by atoms with van der Waals surface area (Å²) in [7, 11) is 1.58. The number of aliphatic hydroxyl groups excluding tert-OH is 1. The van der Waals surface area contributed by atoms with Crippen molar-refractivity contribution in [3.05, 3.63) is 35.1 Å². The summed E-state index contributed by atoms with van der Waals surface area (Å²) in [6.45, 7) is 2.57. The zero-order valence-corrected chi connectivity index (χ0v) is 10.6. The fraction of sp³-hybridized carbons (Fsp3) is 0.462. The standard InChI is InChI=1S/C13H18FNO3/c1-9-8-10(4-5-11(9)14)12(16)13(17)15-6-3-7-18-2/h4-5,8,12,16H,3,6-7H2,1-2H3,(H,15,17). The molecule has 5 heteroatoms. The molecule has 1 rings (SSSR count). The van der Waals surface area contributed by atoms with Gasteiger partial charge in [-0.05, 0) is 30.5 Å². The SMILES string of the molecule is COCCCNC(=O)C(O)c1ccc(F)c(C)c1. The van der Waals surface area contributed by atoms with Gasteiger partial charge in [-0.3, -0.25) is 4.79 Å². The lowest BCUT2D eigenvalue weighted by atomic mass is 10.1. The van der Waals surface area contributed by atoms with Crippen LogP contribution in [0.2, 0.25) is 0 Å². The molecule has 18 heavy (non-hydrogen) atoms. The molecule has 1 atom stereocenters. The summed E-state index contributed by atoms with van der Waals surface area (Å²) >= 11 is 0. The molecule has 0 heterocycles. The second-order valence-electron chi connectivity index (χ2n) is 4.05. The molecule has 0 saturated carbocycles. The van der Waals surface area contributed by atoms with E-state index >= 15 is 0 Å². The van der Waals surface area contributed by atoms with Crippen molar-refractivity contribution in [1.29, 1.82) is 0 Å². The molecule has 0 aromatic heterocycles. The van der Waals surface area contributed by atoms with Gasteiger partial charge in [0.2, 0.25) is 0 Å². The van der Waals surface area contributed by atoms with E-state index in [0.29, 0.717) is 30.7 Å². The number of hydrogen-bond acceptors (Lipinski definition) is 3. The molecular formula is C13H18FNO3. The first-order valence-corrected chi connectivity index (χ1v) is 5.77. The third-order valence-corrected chi connectivity index (χ3v) is 2.57. The Kier molecular flexibility index (Phi) is 5.74. The minimum atomic E-state index is -1.27. The van der Waals surface area contributed by atoms with E-state index in [-0.39, 0.29) is 5.82 Å². The minimum absolute atomic E-state index is 0.355. The number of amides is 1. The van der Waals surface area contributed by atoms with Crippen LogP contribution in [0.15, 0.2) is 18.2 Å². The van der Waals surface area contributed by atoms with E-state index in [0.717, 1.165) is 0 Å². The molecule has 2 N–H and O–H groups in total. The van der Waals surface area contributed by atoms with Crippen molar-refractivity contribution in [1.82, 2.24) is 5.32 Å². The van der Waals surface area contributed by atoms with Gasteiger partial charge in [0.25, 0.3) is 5.91 Å². The molecule has 1 amide bonds. The fourth-order valence-corrected chi connectivity index (χ4v) is 1.51. The van der Waals surface area contributed by atoms with Gasteiger partial charge >= 0.3 is 0 Å². The van der Waals surface area contributed by atoms with Crippen LogP contribution in [0.4, 0.5) is 4.39 Å². The highest BCUT2D eigenvalue weighted by atomic mass is 19.1. The minimum Gasteiger partial charge on any atom is -0.385 e. The fourth-order valence-electron chi connectivity index (χ4n) is 1.51. The molecule has 0 aliphatic carbocycles. The highest BCUT2D eigenvalue weighted by Crippen LogP contribution is 2.16. The van der Waals surface area contributed by atoms with Crippen molar-refractivity contribution < 1.29 is 19.0 Å². The molecule has 1 unspecified atom stereocenters. The van der Waals surface area contributed by atoms with Crippen LogP contribution in [0.3, 0.4) is 0 Å². The average molecular weight is 255 g/mol. The smallest absolute Gasteiger partial charge is 0.253 e. The Balaban J connectivity index is 2.54. The normalized spacial score (nSPS) is 12.2. The molecule has 0 radical (unpaired) electrons. The lowest BCUT2D eigenvalue weighted by Crippen LogP contribution is -2.30. The summed E-state index contributed by atoms with van der Waals surface area (Å²) in [6, 6.07) is 4.11. The van der Waals surface area contributed by atoms with Crippen LogP contribution >= 0.6 is 0 Å². The number of ether oxygens (including phenoxy) is 1. The van der Waals surface area contributed by atoms with E-state index in [1.54, 1.807) is 14.0 Å². The lowest BCUT2D eigenvalue weighted by molar-refractivity contribution is -0.129. The van der Waals surface area contributed by atoms with Gasteiger partial charge in [0.05, 0.1) is 0 Å². The predicted molar refractivity (Wildman–Crippen MR) is 65.6 cm³/mol. The second kappa shape index (κ2) is 7.08. The predicted octanol–water partition coefficient (Wildman–Crippen LogP) is 1.32. The first-order valence-electron chi connectivity index (χ1n) is 5.77. The van der Waals surface area contributed by atoms with E-state index in [2.05, 4.69) is 5.32 Å². The number of aliphatic hydroxyl groups is 1. The highest BCUT2D eigenvalue weighted by molar-refractivity contribution is 5.81. The van der Waals surface area contributed by atoms with Gasteiger partial charge in [-0.2, -0.15) is 0 Å². The van der Waals surface area contributed by atoms with E-state index in [1.807, 2.05) is 0 Å². The van der Waals surface area contributed by atoms with Crippen LogP contribution in [0.25, 0.3) is 0 Å². The van der Waals surface area contributed by atoms with Gasteiger partial charge in [-0.15, -0.1) is 0 Å². The van der Waals surface area contributed by atoms with E-state index in [1.165, 1.54) is 18.2 Å². The van der Waals surface area contributed by atoms with Crippen molar-refractivity contribution >= 4 is 5.91 Å². The molecule has 1 aromatic carbocycles. The molecule has 0 saturated heterocycles. The zero-order chi connectivity index (χ0) is 13.5. The molecule has 100 valence electrons. The van der Waals surface area contributed by atoms with E-state index < -0.39 is 12.0 Å². The second-order valence-corrected chi connectivity index (χ2v) is 4.05. The number of benzene rings is 1. The monoisotopic (exact) mass is 255 g/mol. The van der Waals surface area contributed by atoms with Crippen molar-refractivity contribution in [3.63, 3.8) is 0 Å². The Morgan fingerprint density at radius 3 is 2.89 bits per heavy atom. The number of aryl methyl sites for hydroxylation is 1. The van der Waals surface area contributed by atoms with Gasteiger partial charge in [-0.1, -0.05) is 12.1 Å². The van der Waals surface area contributed by atoms with Gasteiger partial charge < -0.3 is 15.2 Å². The molecule has 0 aliphatic rings. The van der Waals surface area contributed by atoms with Crippen LogP contribution in [-0.2, 0) is 9.53 Å². The first-order chi connectivity index (χ1) is 8.56. The van der Waals surface area contributed by atoms with Crippen LogP contribution in [0.1, 0.15) is 23.7 Å². The Morgan fingerprint density at radius 2 is 2.28 bits per heavy atom. The maximum atomic E-state index is 13.1. The topological polar surface area (TPSA) is 58.6 Å². The van der Waals surface area contributed by atoms with Crippen LogP contribution < -0.4 is 5.32 Å². The molecule has 0 aliphatic heterocycles. The van der Waals surface area contributed by atoms with Crippen LogP contribution in [0, 0.1) is 12.7 Å². The maximum absolute atomic E-state index is 13.1. The number of methoxy groups -OCH3 is 1. The zero-order valence-electron chi connectivity index (χ0n) is 10.6. The highest BCUT2D eigenvalue weighted by Gasteiger charge is 2.17. The largest absolute Gasteiger partial charge is 0.385 e. The summed E-state index contributed by atoms with van der Waals surface area (Å²) in [6.07, 6.45) is -0.593. The number of halogens is 1. The Hall–Kier alpha value is -1.46. The molecule has 1 aromatic rings. The van der Waals surface area contributed by atoms with Gasteiger partial charge in [0.15, 0.2) is 6.10 Å². The Morgan fingerprint density at radius 1 is 1.56 bits per heavy atom. The molecular weight excluding hydrogens is 237 g/mol. The lowest BCUT2D eigenvalue weighted by Gasteiger charge is -2.12. The number of hydrogen-bond donors (Lipinski definition) is 2. The molecule has 0 bridgehead atoms. The number of rotatable bonds is 6. The molecule has 0 fully saturated rings. The van der Waals surface area contributed by atoms with Crippen LogP contribution in [-0.4, -0.2) is 31.3 Å². The van der Waals surface area contributed by atoms with Gasteiger partial charge in [0, 0.05) is 20.3 Å². The third kappa shape index (κ3) is 4.09. The van der Waals surface area contributed by atoms with Gasteiger partial charge in [0.1, 0.15) is 5.82 Å². The van der Waals surface area contributed by atoms with E-state index in [9.17, 15) is 14.3 Å². The van der Waals surface area contributed by atoms with Crippen molar-refractivity contribution in [3.8, 4) is 0 Å². The average Bonchev–Trinajstić information content (AvgIpc) is 2.37. The van der Waals surface area contributed by atoms with Crippen molar-refractivity contribution in [2.24, 2.45) is 0 Å². The number of carbonyl (C=O) groups excluding carboxylic acids is 1. The summed E-state index contributed by atoms with van der Waals surface area (Å²) in [4.78, 5) is 11.6. The maximum Gasteiger partial charge on any atom is 0.253 e. The van der Waals surface area contributed by atoms with Crippen LogP contribution in [0.5, 0.6) is 0 Å². The summed E-state index contributed by atoms with van der Waals surface area (Å²) < 4.78 is 17.9. The summed E-state index contributed by atoms with van der Waals surface area (Å²) in [5.41, 5.74) is 0.789. The van der Waals surface area contributed by atoms with Crippen molar-refractivity contribution in [2.75, 3.05) is 20.3 Å². The first kappa shape index (κ1) is 14.6. The van der Waals surface area contributed by atoms with Crippen molar-refractivity contribution in [2.45, 2.75) is 19.4 Å². The third-order valence-electron chi connectivity index (χ3n) is 2.57. The number of carbonyl (C=O) groups is 1. The summed E-state index contributed by atoms with van der Waals surface area (Å²) in [5, 5.41) is 12.4. The van der Waals surface area contributed by atoms with E-state index in [4.69, 9.17) is 4.74 Å². The van der Waals surface area contributed by atoms with Gasteiger partial charge in [-0.25, -0.2) is 4.39 Å². The quantitative estimate of drug-likeness (QED) is 0.754.